The monoisotopic (exact) mass is 441 g/mol. The van der Waals surface area contributed by atoms with Gasteiger partial charge in [0, 0.05) is 23.8 Å². The van der Waals surface area contributed by atoms with Crippen molar-refractivity contribution in [2.75, 3.05) is 24.5 Å². The number of nitriles is 1. The number of anilines is 1. The van der Waals surface area contributed by atoms with Gasteiger partial charge in [-0.05, 0) is 42.3 Å². The number of aromatic amines is 1. The van der Waals surface area contributed by atoms with E-state index >= 15 is 0 Å². The summed E-state index contributed by atoms with van der Waals surface area (Å²) in [7, 11) is 0. The Morgan fingerprint density at radius 3 is 2.63 bits per heavy atom. The highest BCUT2D eigenvalue weighted by Gasteiger charge is 2.31. The lowest BCUT2D eigenvalue weighted by molar-refractivity contribution is -0.133. The molecule has 1 amide bonds. The van der Waals surface area contributed by atoms with Gasteiger partial charge in [0.25, 0.3) is 0 Å². The molecule has 1 saturated heterocycles. The Morgan fingerprint density at radius 2 is 2.00 bits per heavy atom. The maximum absolute atomic E-state index is 13.1. The number of carbonyl (C=O) groups is 1. The van der Waals surface area contributed by atoms with Gasteiger partial charge in [-0.25, -0.2) is 4.98 Å². The number of piperazine rings is 1. The van der Waals surface area contributed by atoms with Gasteiger partial charge in [0.15, 0.2) is 0 Å². The Balaban J connectivity index is 0.00000256. The first-order valence-corrected chi connectivity index (χ1v) is 9.79. The molecule has 1 aliphatic heterocycles. The Hall–Kier alpha value is -3.01. The molecule has 0 bridgehead atoms. The van der Waals surface area contributed by atoms with Gasteiger partial charge < -0.3 is 14.8 Å². The zero-order valence-electron chi connectivity index (χ0n) is 16.2. The molecule has 30 heavy (non-hydrogen) atoms. The third-order valence-electron chi connectivity index (χ3n) is 5.20. The molecule has 4 rings (SSSR count). The molecule has 0 saturated carbocycles. The van der Waals surface area contributed by atoms with E-state index in [0.717, 1.165) is 23.5 Å². The van der Waals surface area contributed by atoms with E-state index in [0.29, 0.717) is 30.1 Å². The average molecular weight is 442 g/mol. The summed E-state index contributed by atoms with van der Waals surface area (Å²) in [4.78, 5) is 24.3. The standard InChI is InChI=1S/C22H20ClN5O.ClH/c23-18-2-1-3-19(11-18)27-8-9-28(22(29)14-27)21(20-13-25-15-26-20)10-16-4-6-17(12-24)7-5-16;/h1-7,11,13,15,21H,8-10,14H2,(H,25,26);1H. The van der Waals surface area contributed by atoms with Crippen molar-refractivity contribution < 1.29 is 4.79 Å². The van der Waals surface area contributed by atoms with Crippen LogP contribution in [-0.2, 0) is 11.2 Å². The summed E-state index contributed by atoms with van der Waals surface area (Å²) in [5.41, 5.74) is 3.54. The molecular weight excluding hydrogens is 421 g/mol. The summed E-state index contributed by atoms with van der Waals surface area (Å²) in [6, 6.07) is 17.1. The molecule has 2 heterocycles. The van der Waals surface area contributed by atoms with Gasteiger partial charge in [0.1, 0.15) is 0 Å². The van der Waals surface area contributed by atoms with Crippen LogP contribution < -0.4 is 4.90 Å². The van der Waals surface area contributed by atoms with Crippen LogP contribution in [0.1, 0.15) is 22.9 Å². The highest BCUT2D eigenvalue weighted by atomic mass is 35.5. The maximum atomic E-state index is 13.1. The molecule has 1 atom stereocenters. The van der Waals surface area contributed by atoms with Crippen molar-refractivity contribution >= 4 is 35.6 Å². The van der Waals surface area contributed by atoms with Crippen molar-refractivity contribution in [3.63, 3.8) is 0 Å². The summed E-state index contributed by atoms with van der Waals surface area (Å²) in [5.74, 6) is 0.0597. The SMILES string of the molecule is Cl.N#Cc1ccc(CC(c2cnc[nH]2)N2CCN(c3cccc(Cl)c3)CC2=O)cc1. The number of aromatic nitrogens is 2. The third-order valence-corrected chi connectivity index (χ3v) is 5.43. The number of hydrogen-bond acceptors (Lipinski definition) is 4. The number of rotatable bonds is 5. The molecule has 6 nitrogen and oxygen atoms in total. The largest absolute Gasteiger partial charge is 0.360 e. The molecule has 0 radical (unpaired) electrons. The molecule has 2 aromatic carbocycles. The molecule has 154 valence electrons. The molecule has 1 N–H and O–H groups in total. The van der Waals surface area contributed by atoms with Gasteiger partial charge >= 0.3 is 0 Å². The Kier molecular flexibility index (Phi) is 6.99. The molecule has 0 spiro atoms. The number of carbonyl (C=O) groups excluding carboxylic acids is 1. The van der Waals surface area contributed by atoms with Crippen molar-refractivity contribution in [1.29, 1.82) is 5.26 Å². The van der Waals surface area contributed by atoms with Gasteiger partial charge in [-0.15, -0.1) is 12.4 Å². The van der Waals surface area contributed by atoms with E-state index in [1.54, 1.807) is 24.7 Å². The Labute approximate surface area is 186 Å². The number of hydrogen-bond donors (Lipinski definition) is 1. The van der Waals surface area contributed by atoms with Crippen LogP contribution in [0.25, 0.3) is 0 Å². The minimum absolute atomic E-state index is 0. The van der Waals surface area contributed by atoms with Crippen molar-refractivity contribution in [2.45, 2.75) is 12.5 Å². The molecule has 1 aliphatic rings. The molecule has 1 fully saturated rings. The van der Waals surface area contributed by atoms with Crippen LogP contribution >= 0.6 is 24.0 Å². The predicted octanol–water partition coefficient (Wildman–Crippen LogP) is 3.99. The van der Waals surface area contributed by atoms with E-state index in [2.05, 4.69) is 20.9 Å². The fourth-order valence-electron chi connectivity index (χ4n) is 3.68. The summed E-state index contributed by atoms with van der Waals surface area (Å²) in [6.45, 7) is 1.63. The second kappa shape index (κ2) is 9.66. The van der Waals surface area contributed by atoms with Crippen LogP contribution in [0.15, 0.2) is 61.1 Å². The topological polar surface area (TPSA) is 76.0 Å². The highest BCUT2D eigenvalue weighted by molar-refractivity contribution is 6.30. The first-order valence-electron chi connectivity index (χ1n) is 9.41. The fourth-order valence-corrected chi connectivity index (χ4v) is 3.87. The fraction of sp³-hybridized carbons (Fsp3) is 0.227. The minimum atomic E-state index is -0.139. The lowest BCUT2D eigenvalue weighted by Gasteiger charge is -2.39. The smallest absolute Gasteiger partial charge is 0.242 e. The van der Waals surface area contributed by atoms with Gasteiger partial charge in [-0.2, -0.15) is 5.26 Å². The van der Waals surface area contributed by atoms with Gasteiger partial charge in [-0.3, -0.25) is 4.79 Å². The summed E-state index contributed by atoms with van der Waals surface area (Å²) in [5, 5.41) is 9.67. The molecule has 3 aromatic rings. The first kappa shape index (κ1) is 21.7. The van der Waals surface area contributed by atoms with Crippen molar-refractivity contribution in [3.05, 3.63) is 82.9 Å². The number of imidazole rings is 1. The number of amides is 1. The quantitative estimate of drug-likeness (QED) is 0.649. The third kappa shape index (κ3) is 4.76. The molecule has 1 aromatic heterocycles. The van der Waals surface area contributed by atoms with Gasteiger partial charge in [0.2, 0.25) is 5.91 Å². The van der Waals surface area contributed by atoms with E-state index < -0.39 is 0 Å². The van der Waals surface area contributed by atoms with Crippen LogP contribution in [0.3, 0.4) is 0 Å². The average Bonchev–Trinajstić information content (AvgIpc) is 3.27. The maximum Gasteiger partial charge on any atom is 0.242 e. The van der Waals surface area contributed by atoms with E-state index in [1.807, 2.05) is 41.3 Å². The van der Waals surface area contributed by atoms with Crippen LogP contribution in [-0.4, -0.2) is 40.4 Å². The van der Waals surface area contributed by atoms with Crippen molar-refractivity contribution in [3.8, 4) is 6.07 Å². The van der Waals surface area contributed by atoms with E-state index in [9.17, 15) is 4.79 Å². The van der Waals surface area contributed by atoms with Crippen molar-refractivity contribution in [2.24, 2.45) is 0 Å². The van der Waals surface area contributed by atoms with Gasteiger partial charge in [-0.1, -0.05) is 29.8 Å². The predicted molar refractivity (Wildman–Crippen MR) is 119 cm³/mol. The summed E-state index contributed by atoms with van der Waals surface area (Å²) >= 11 is 6.11. The summed E-state index contributed by atoms with van der Waals surface area (Å²) < 4.78 is 0. The second-order valence-corrected chi connectivity index (χ2v) is 7.46. The normalized spacial score (nSPS) is 14.7. The van der Waals surface area contributed by atoms with E-state index in [1.165, 1.54) is 0 Å². The second-order valence-electron chi connectivity index (χ2n) is 7.02. The van der Waals surface area contributed by atoms with Crippen LogP contribution in [0.4, 0.5) is 5.69 Å². The molecular formula is C22H21Cl2N5O. The van der Waals surface area contributed by atoms with Crippen LogP contribution in [0.5, 0.6) is 0 Å². The van der Waals surface area contributed by atoms with E-state index in [4.69, 9.17) is 16.9 Å². The molecule has 8 heteroatoms. The number of halogens is 2. The van der Waals surface area contributed by atoms with Crippen molar-refractivity contribution in [1.82, 2.24) is 14.9 Å². The van der Waals surface area contributed by atoms with Crippen LogP contribution in [0, 0.1) is 11.3 Å². The number of benzene rings is 2. The molecule has 1 unspecified atom stereocenters. The first-order chi connectivity index (χ1) is 14.1. The minimum Gasteiger partial charge on any atom is -0.360 e. The lowest BCUT2D eigenvalue weighted by Crippen LogP contribution is -2.52. The Morgan fingerprint density at radius 1 is 1.20 bits per heavy atom. The number of H-pyrrole nitrogens is 1. The summed E-state index contributed by atoms with van der Waals surface area (Å²) in [6.07, 6.45) is 4.05. The van der Waals surface area contributed by atoms with Crippen LogP contribution in [0.2, 0.25) is 5.02 Å². The molecule has 0 aliphatic carbocycles. The number of nitrogens with zero attached hydrogens (tertiary/aromatic N) is 4. The van der Waals surface area contributed by atoms with E-state index in [-0.39, 0.29) is 24.4 Å². The number of nitrogens with one attached hydrogen (secondary N) is 1. The highest BCUT2D eigenvalue weighted by Crippen LogP contribution is 2.28. The van der Waals surface area contributed by atoms with Gasteiger partial charge in [0.05, 0.1) is 42.4 Å². The Bertz CT molecular complexity index is 1030. The lowest BCUT2D eigenvalue weighted by atomic mass is 10.00. The zero-order valence-corrected chi connectivity index (χ0v) is 17.7. The zero-order chi connectivity index (χ0) is 20.2.